The van der Waals surface area contributed by atoms with Crippen molar-refractivity contribution in [3.63, 3.8) is 0 Å². The van der Waals surface area contributed by atoms with Gasteiger partial charge >= 0.3 is 0 Å². The first-order chi connectivity index (χ1) is 15.3. The van der Waals surface area contributed by atoms with Crippen molar-refractivity contribution in [3.05, 3.63) is 95.1 Å². The van der Waals surface area contributed by atoms with Gasteiger partial charge in [0.25, 0.3) is 5.91 Å². The van der Waals surface area contributed by atoms with Crippen molar-refractivity contribution in [2.45, 2.75) is 24.5 Å². The zero-order chi connectivity index (χ0) is 22.7. The molecule has 0 atom stereocenters. The van der Waals surface area contributed by atoms with Crippen LogP contribution >= 0.6 is 0 Å². The van der Waals surface area contributed by atoms with Crippen LogP contribution < -0.4 is 4.90 Å². The average Bonchev–Trinajstić information content (AvgIpc) is 2.80. The van der Waals surface area contributed by atoms with Gasteiger partial charge in [-0.15, -0.1) is 0 Å². The molecule has 0 aliphatic carbocycles. The van der Waals surface area contributed by atoms with E-state index in [4.69, 9.17) is 0 Å². The molecule has 1 fully saturated rings. The number of anilines is 1. The van der Waals surface area contributed by atoms with Gasteiger partial charge in [0, 0.05) is 37.4 Å². The van der Waals surface area contributed by atoms with Crippen LogP contribution in [0.4, 0.5) is 5.69 Å². The first-order valence-corrected chi connectivity index (χ1v) is 12.5. The molecule has 0 unspecified atom stereocenters. The fourth-order valence-corrected chi connectivity index (χ4v) is 5.39. The van der Waals surface area contributed by atoms with Crippen molar-refractivity contribution < 1.29 is 13.2 Å². The van der Waals surface area contributed by atoms with Gasteiger partial charge < -0.3 is 9.80 Å². The van der Waals surface area contributed by atoms with Gasteiger partial charge in [0.15, 0.2) is 9.84 Å². The predicted molar refractivity (Wildman–Crippen MR) is 128 cm³/mol. The van der Waals surface area contributed by atoms with E-state index in [-0.39, 0.29) is 11.7 Å². The molecule has 166 valence electrons. The maximum atomic E-state index is 12.9. The monoisotopic (exact) mass is 448 g/mol. The zero-order valence-corrected chi connectivity index (χ0v) is 19.3. The van der Waals surface area contributed by atoms with Gasteiger partial charge in [0.1, 0.15) is 0 Å². The Balaban J connectivity index is 1.38. The minimum atomic E-state index is -3.42. The van der Waals surface area contributed by atoms with Crippen LogP contribution in [0.1, 0.15) is 27.0 Å². The molecule has 1 saturated heterocycles. The number of benzene rings is 3. The number of carbonyl (C=O) groups excluding carboxylic acids is 1. The molecule has 1 aliphatic rings. The second-order valence-corrected chi connectivity index (χ2v) is 10.3. The summed E-state index contributed by atoms with van der Waals surface area (Å²) in [5.41, 5.74) is 4.74. The van der Waals surface area contributed by atoms with Crippen LogP contribution in [-0.2, 0) is 15.6 Å². The summed E-state index contributed by atoms with van der Waals surface area (Å²) in [6.45, 7) is 6.95. The van der Waals surface area contributed by atoms with E-state index < -0.39 is 9.84 Å². The maximum Gasteiger partial charge on any atom is 0.253 e. The summed E-state index contributed by atoms with van der Waals surface area (Å²) in [5.74, 6) is -0.0954. The van der Waals surface area contributed by atoms with Gasteiger partial charge in [-0.2, -0.15) is 0 Å². The van der Waals surface area contributed by atoms with Crippen molar-refractivity contribution >= 4 is 21.4 Å². The van der Waals surface area contributed by atoms with Crippen molar-refractivity contribution in [2.75, 3.05) is 31.1 Å². The average molecular weight is 449 g/mol. The Morgan fingerprint density at radius 3 is 2.06 bits per heavy atom. The fourth-order valence-electron chi connectivity index (χ4n) is 4.04. The highest BCUT2D eigenvalue weighted by Crippen LogP contribution is 2.22. The number of nitrogens with zero attached hydrogens (tertiary/aromatic N) is 2. The van der Waals surface area contributed by atoms with E-state index in [0.29, 0.717) is 29.1 Å². The highest BCUT2D eigenvalue weighted by molar-refractivity contribution is 7.90. The van der Waals surface area contributed by atoms with Gasteiger partial charge in [-0.25, -0.2) is 8.42 Å². The van der Waals surface area contributed by atoms with Gasteiger partial charge in [0.05, 0.1) is 10.6 Å². The molecule has 5 nitrogen and oxygen atoms in total. The van der Waals surface area contributed by atoms with Crippen molar-refractivity contribution in [1.29, 1.82) is 0 Å². The highest BCUT2D eigenvalue weighted by atomic mass is 32.2. The number of carbonyl (C=O) groups is 1. The van der Waals surface area contributed by atoms with Gasteiger partial charge in [-0.1, -0.05) is 48.0 Å². The van der Waals surface area contributed by atoms with Crippen molar-refractivity contribution in [1.82, 2.24) is 4.90 Å². The maximum absolute atomic E-state index is 12.9. The Labute approximate surface area is 190 Å². The number of sulfone groups is 1. The van der Waals surface area contributed by atoms with Gasteiger partial charge in [0.2, 0.25) is 0 Å². The van der Waals surface area contributed by atoms with Crippen molar-refractivity contribution in [3.8, 4) is 0 Å². The Morgan fingerprint density at radius 2 is 1.44 bits per heavy atom. The topological polar surface area (TPSA) is 57.7 Å². The standard InChI is InChI=1S/C26H28N2O3S/c1-20-7-13-24(14-8-20)32(30,31)19-22-9-11-23(12-10-22)26(29)28-17-15-27(16-18-28)25-6-4-3-5-21(25)2/h3-14H,15-19H2,1-2H3. The Hall–Kier alpha value is -3.12. The van der Waals surface area contributed by atoms with E-state index in [9.17, 15) is 13.2 Å². The first kappa shape index (κ1) is 22.1. The molecule has 1 amide bonds. The minimum absolute atomic E-state index is 0.0117. The summed E-state index contributed by atoms with van der Waals surface area (Å²) in [4.78, 5) is 17.4. The van der Waals surface area contributed by atoms with Crippen LogP contribution in [0.25, 0.3) is 0 Å². The highest BCUT2D eigenvalue weighted by Gasteiger charge is 2.23. The number of hydrogen-bond acceptors (Lipinski definition) is 4. The number of piperazine rings is 1. The molecule has 32 heavy (non-hydrogen) atoms. The quantitative estimate of drug-likeness (QED) is 0.586. The van der Waals surface area contributed by atoms with Crippen molar-refractivity contribution in [2.24, 2.45) is 0 Å². The molecule has 0 bridgehead atoms. The molecule has 3 aromatic rings. The van der Waals surface area contributed by atoms with Gasteiger partial charge in [-0.05, 0) is 55.3 Å². The third kappa shape index (κ3) is 4.86. The second kappa shape index (κ2) is 9.17. The van der Waals surface area contributed by atoms with E-state index in [0.717, 1.165) is 18.7 Å². The number of aryl methyl sites for hydroxylation is 2. The Kier molecular flexibility index (Phi) is 6.33. The molecule has 6 heteroatoms. The number of hydrogen-bond donors (Lipinski definition) is 0. The summed E-state index contributed by atoms with van der Waals surface area (Å²) < 4.78 is 25.3. The van der Waals surface area contributed by atoms with Crippen LogP contribution in [0, 0.1) is 13.8 Å². The lowest BCUT2D eigenvalue weighted by Gasteiger charge is -2.36. The summed E-state index contributed by atoms with van der Waals surface area (Å²) >= 11 is 0. The molecule has 0 saturated carbocycles. The third-order valence-corrected chi connectivity index (χ3v) is 7.66. The van der Waals surface area contributed by atoms with Crippen LogP contribution in [0.3, 0.4) is 0 Å². The molecule has 0 radical (unpaired) electrons. The fraction of sp³-hybridized carbons (Fsp3) is 0.269. The van der Waals surface area contributed by atoms with Gasteiger partial charge in [-0.3, -0.25) is 4.79 Å². The number of para-hydroxylation sites is 1. The molecular formula is C26H28N2O3S. The summed E-state index contributed by atoms with van der Waals surface area (Å²) in [6, 6.07) is 22.1. The van der Waals surface area contributed by atoms with E-state index in [1.165, 1.54) is 11.3 Å². The Bertz CT molecular complexity index is 1190. The summed E-state index contributed by atoms with van der Waals surface area (Å²) in [5, 5.41) is 0. The lowest BCUT2D eigenvalue weighted by atomic mass is 10.1. The molecule has 0 N–H and O–H groups in total. The second-order valence-electron chi connectivity index (χ2n) is 8.33. The van der Waals surface area contributed by atoms with E-state index >= 15 is 0 Å². The van der Waals surface area contributed by atoms with Crippen LogP contribution in [0.15, 0.2) is 77.7 Å². The molecule has 1 aliphatic heterocycles. The predicted octanol–water partition coefficient (Wildman–Crippen LogP) is 4.24. The summed E-state index contributed by atoms with van der Waals surface area (Å²) in [6.07, 6.45) is 0. The van der Waals surface area contributed by atoms with Crippen LogP contribution in [0.2, 0.25) is 0 Å². The van der Waals surface area contributed by atoms with Crippen LogP contribution in [0.5, 0.6) is 0 Å². The minimum Gasteiger partial charge on any atom is -0.368 e. The lowest BCUT2D eigenvalue weighted by Crippen LogP contribution is -2.49. The molecule has 0 spiro atoms. The molecule has 3 aromatic carbocycles. The van der Waals surface area contributed by atoms with Crippen LogP contribution in [-0.4, -0.2) is 45.4 Å². The SMILES string of the molecule is Cc1ccc(S(=O)(=O)Cc2ccc(C(=O)N3CCN(c4ccccc4C)CC3)cc2)cc1. The summed E-state index contributed by atoms with van der Waals surface area (Å²) in [7, 11) is -3.42. The lowest BCUT2D eigenvalue weighted by molar-refractivity contribution is 0.0747. The first-order valence-electron chi connectivity index (χ1n) is 10.8. The molecule has 0 aromatic heterocycles. The normalized spacial score (nSPS) is 14.4. The van der Waals surface area contributed by atoms with E-state index in [1.54, 1.807) is 48.5 Å². The third-order valence-electron chi connectivity index (χ3n) is 5.96. The van der Waals surface area contributed by atoms with E-state index in [1.807, 2.05) is 24.0 Å². The number of rotatable bonds is 5. The smallest absolute Gasteiger partial charge is 0.253 e. The molecule has 4 rings (SSSR count). The Morgan fingerprint density at radius 1 is 0.812 bits per heavy atom. The number of amides is 1. The van der Waals surface area contributed by atoms with E-state index in [2.05, 4.69) is 24.0 Å². The zero-order valence-electron chi connectivity index (χ0n) is 18.5. The molecular weight excluding hydrogens is 420 g/mol. The molecule has 1 heterocycles. The largest absolute Gasteiger partial charge is 0.368 e.